The zero-order valence-corrected chi connectivity index (χ0v) is 13.3. The lowest BCUT2D eigenvalue weighted by molar-refractivity contribution is 0.104. The van der Waals surface area contributed by atoms with E-state index in [0.717, 1.165) is 16.9 Å². The second-order valence-corrected chi connectivity index (χ2v) is 5.41. The van der Waals surface area contributed by atoms with Crippen molar-refractivity contribution in [1.29, 1.82) is 0 Å². The van der Waals surface area contributed by atoms with Crippen LogP contribution in [0.5, 0.6) is 5.75 Å². The lowest BCUT2D eigenvalue weighted by atomic mass is 10.1. The molecular formula is C22H18O2. The molecule has 0 aliphatic rings. The van der Waals surface area contributed by atoms with Crippen molar-refractivity contribution in [3.8, 4) is 5.75 Å². The molecule has 118 valence electrons. The molecule has 3 aromatic carbocycles. The summed E-state index contributed by atoms with van der Waals surface area (Å²) in [5, 5.41) is 0. The number of carbonyl (C=O) groups is 1. The monoisotopic (exact) mass is 314 g/mol. The van der Waals surface area contributed by atoms with Crippen LogP contribution in [0, 0.1) is 0 Å². The van der Waals surface area contributed by atoms with Gasteiger partial charge in [0.2, 0.25) is 0 Å². The van der Waals surface area contributed by atoms with Gasteiger partial charge in [0, 0.05) is 5.56 Å². The molecule has 0 bridgehead atoms. The van der Waals surface area contributed by atoms with Gasteiger partial charge in [0.15, 0.2) is 5.78 Å². The third kappa shape index (κ3) is 4.43. The van der Waals surface area contributed by atoms with Gasteiger partial charge in [-0.25, -0.2) is 0 Å². The minimum absolute atomic E-state index is 0.00814. The summed E-state index contributed by atoms with van der Waals surface area (Å²) < 4.78 is 5.81. The minimum atomic E-state index is -0.00814. The lowest BCUT2D eigenvalue weighted by Crippen LogP contribution is -1.95. The Labute approximate surface area is 142 Å². The van der Waals surface area contributed by atoms with Crippen molar-refractivity contribution in [2.24, 2.45) is 0 Å². The maximum atomic E-state index is 12.1. The van der Waals surface area contributed by atoms with Crippen molar-refractivity contribution in [3.05, 3.63) is 108 Å². The number of ether oxygens (including phenoxy) is 1. The Hall–Kier alpha value is -3.13. The second-order valence-electron chi connectivity index (χ2n) is 5.41. The van der Waals surface area contributed by atoms with Crippen LogP contribution in [0.3, 0.4) is 0 Å². The predicted molar refractivity (Wildman–Crippen MR) is 97.0 cm³/mol. The average Bonchev–Trinajstić information content (AvgIpc) is 2.66. The summed E-state index contributed by atoms with van der Waals surface area (Å²) in [4.78, 5) is 12.1. The summed E-state index contributed by atoms with van der Waals surface area (Å²) in [6, 6.07) is 27.0. The molecule has 0 radical (unpaired) electrons. The Morgan fingerprint density at radius 2 is 1.54 bits per heavy atom. The molecule has 0 spiro atoms. The fraction of sp³-hybridized carbons (Fsp3) is 0.0455. The lowest BCUT2D eigenvalue weighted by Gasteiger charge is -2.06. The number of rotatable bonds is 6. The molecule has 0 saturated heterocycles. The van der Waals surface area contributed by atoms with Crippen LogP contribution in [0.1, 0.15) is 21.5 Å². The van der Waals surface area contributed by atoms with Crippen molar-refractivity contribution >= 4 is 11.9 Å². The fourth-order valence-electron chi connectivity index (χ4n) is 2.32. The highest BCUT2D eigenvalue weighted by atomic mass is 16.5. The van der Waals surface area contributed by atoms with Crippen molar-refractivity contribution < 1.29 is 9.53 Å². The summed E-state index contributed by atoms with van der Waals surface area (Å²) in [5.41, 5.74) is 2.74. The molecule has 3 aromatic rings. The Bertz CT molecular complexity index is 821. The standard InChI is InChI=1S/C22H18O2/c23-22(20-11-5-2-6-12-20)15-14-18-10-7-13-21(16-18)24-17-19-8-3-1-4-9-19/h1-16H,17H2/b15-14+. The van der Waals surface area contributed by atoms with Gasteiger partial charge in [-0.3, -0.25) is 4.79 Å². The largest absolute Gasteiger partial charge is 0.489 e. The molecule has 0 aromatic heterocycles. The molecule has 0 heterocycles. The van der Waals surface area contributed by atoms with Gasteiger partial charge in [-0.1, -0.05) is 78.9 Å². The number of allylic oxidation sites excluding steroid dienone is 1. The fourth-order valence-corrected chi connectivity index (χ4v) is 2.32. The maximum Gasteiger partial charge on any atom is 0.185 e. The second kappa shape index (κ2) is 7.93. The van der Waals surface area contributed by atoms with Crippen LogP contribution in [-0.4, -0.2) is 5.78 Å². The third-order valence-electron chi connectivity index (χ3n) is 3.59. The van der Waals surface area contributed by atoms with Crippen LogP contribution in [0.25, 0.3) is 6.08 Å². The van der Waals surface area contributed by atoms with Crippen molar-refractivity contribution in [3.63, 3.8) is 0 Å². The van der Waals surface area contributed by atoms with Crippen LogP contribution in [0.2, 0.25) is 0 Å². The van der Waals surface area contributed by atoms with Crippen LogP contribution in [-0.2, 0) is 6.61 Å². The van der Waals surface area contributed by atoms with E-state index in [0.29, 0.717) is 12.2 Å². The molecule has 0 atom stereocenters. The van der Waals surface area contributed by atoms with E-state index in [1.54, 1.807) is 6.08 Å². The highest BCUT2D eigenvalue weighted by Gasteiger charge is 2.00. The van der Waals surface area contributed by atoms with Gasteiger partial charge in [0.25, 0.3) is 0 Å². The SMILES string of the molecule is O=C(/C=C/c1cccc(OCc2ccccc2)c1)c1ccccc1. The third-order valence-corrected chi connectivity index (χ3v) is 3.59. The summed E-state index contributed by atoms with van der Waals surface area (Å²) in [6.07, 6.45) is 3.40. The van der Waals surface area contributed by atoms with Crippen LogP contribution in [0.15, 0.2) is 91.0 Å². The molecule has 24 heavy (non-hydrogen) atoms. The number of benzene rings is 3. The van der Waals surface area contributed by atoms with E-state index in [2.05, 4.69) is 0 Å². The zero-order valence-electron chi connectivity index (χ0n) is 13.3. The molecule has 0 fully saturated rings. The molecule has 0 saturated carbocycles. The van der Waals surface area contributed by atoms with E-state index >= 15 is 0 Å². The first kappa shape index (κ1) is 15.8. The van der Waals surface area contributed by atoms with Gasteiger partial charge < -0.3 is 4.74 Å². The van der Waals surface area contributed by atoms with Crippen molar-refractivity contribution in [2.75, 3.05) is 0 Å². The van der Waals surface area contributed by atoms with Gasteiger partial charge in [-0.15, -0.1) is 0 Å². The van der Waals surface area contributed by atoms with Gasteiger partial charge in [0.1, 0.15) is 12.4 Å². The van der Waals surface area contributed by atoms with E-state index in [-0.39, 0.29) is 5.78 Å². The molecule has 0 amide bonds. The summed E-state index contributed by atoms with van der Waals surface area (Å²) >= 11 is 0. The molecular weight excluding hydrogens is 296 g/mol. The molecule has 0 aliphatic carbocycles. The first-order valence-corrected chi connectivity index (χ1v) is 7.85. The number of hydrogen-bond donors (Lipinski definition) is 0. The first-order chi connectivity index (χ1) is 11.8. The van der Waals surface area contributed by atoms with E-state index in [1.807, 2.05) is 91.0 Å². The van der Waals surface area contributed by atoms with Crippen LogP contribution in [0.4, 0.5) is 0 Å². The zero-order chi connectivity index (χ0) is 16.6. The highest BCUT2D eigenvalue weighted by Crippen LogP contribution is 2.16. The Morgan fingerprint density at radius 3 is 2.29 bits per heavy atom. The summed E-state index contributed by atoms with van der Waals surface area (Å²) in [7, 11) is 0. The van der Waals surface area contributed by atoms with Gasteiger partial charge in [0.05, 0.1) is 0 Å². The van der Waals surface area contributed by atoms with Gasteiger partial charge in [-0.05, 0) is 29.3 Å². The smallest absolute Gasteiger partial charge is 0.185 e. The van der Waals surface area contributed by atoms with Gasteiger partial charge >= 0.3 is 0 Å². The molecule has 3 rings (SSSR count). The maximum absolute atomic E-state index is 12.1. The van der Waals surface area contributed by atoms with Gasteiger partial charge in [-0.2, -0.15) is 0 Å². The normalized spacial score (nSPS) is 10.7. The van der Waals surface area contributed by atoms with E-state index < -0.39 is 0 Å². The first-order valence-electron chi connectivity index (χ1n) is 7.85. The highest BCUT2D eigenvalue weighted by molar-refractivity contribution is 6.06. The Morgan fingerprint density at radius 1 is 0.833 bits per heavy atom. The topological polar surface area (TPSA) is 26.3 Å². The Balaban J connectivity index is 1.65. The van der Waals surface area contributed by atoms with Crippen molar-refractivity contribution in [1.82, 2.24) is 0 Å². The summed E-state index contributed by atoms with van der Waals surface area (Å²) in [5.74, 6) is 0.777. The predicted octanol–water partition coefficient (Wildman–Crippen LogP) is 5.16. The molecule has 0 unspecified atom stereocenters. The summed E-state index contributed by atoms with van der Waals surface area (Å²) in [6.45, 7) is 0.525. The molecule has 2 nitrogen and oxygen atoms in total. The minimum Gasteiger partial charge on any atom is -0.489 e. The molecule has 0 N–H and O–H groups in total. The van der Waals surface area contributed by atoms with E-state index in [9.17, 15) is 4.79 Å². The number of carbonyl (C=O) groups excluding carboxylic acids is 1. The van der Waals surface area contributed by atoms with E-state index in [4.69, 9.17) is 4.74 Å². The molecule has 0 aliphatic heterocycles. The van der Waals surface area contributed by atoms with Crippen LogP contribution >= 0.6 is 0 Å². The van der Waals surface area contributed by atoms with Crippen molar-refractivity contribution in [2.45, 2.75) is 6.61 Å². The average molecular weight is 314 g/mol. The molecule has 2 heteroatoms. The Kier molecular flexibility index (Phi) is 5.21. The van der Waals surface area contributed by atoms with E-state index in [1.165, 1.54) is 0 Å². The van der Waals surface area contributed by atoms with Crippen LogP contribution < -0.4 is 4.74 Å². The number of hydrogen-bond acceptors (Lipinski definition) is 2. The quantitative estimate of drug-likeness (QED) is 0.464. The number of ketones is 1.